The van der Waals surface area contributed by atoms with Crippen LogP contribution in [0.2, 0.25) is 0 Å². The minimum Gasteiger partial charge on any atom is -0.383 e. The van der Waals surface area contributed by atoms with Crippen molar-refractivity contribution in [2.24, 2.45) is 0 Å². The first-order valence-corrected chi connectivity index (χ1v) is 6.74. The number of rotatable bonds is 3. The molecule has 0 amide bonds. The van der Waals surface area contributed by atoms with E-state index < -0.39 is 0 Å². The van der Waals surface area contributed by atoms with Gasteiger partial charge in [0.15, 0.2) is 0 Å². The van der Waals surface area contributed by atoms with Crippen molar-refractivity contribution in [3.8, 4) is 11.3 Å². The van der Waals surface area contributed by atoms with Crippen LogP contribution >= 0.6 is 0 Å². The summed E-state index contributed by atoms with van der Waals surface area (Å²) in [5.41, 5.74) is 8.81. The van der Waals surface area contributed by atoms with Crippen molar-refractivity contribution in [2.45, 2.75) is 39.2 Å². The standard InChI is InChI=1S/C15H18FN3/c1-3-19-14(17)13(18-15(19)10-4-5-10)12-7-6-11(16)8-9(12)2/h6-8,10H,3-5,17H2,1-2H3. The van der Waals surface area contributed by atoms with E-state index in [0.29, 0.717) is 11.7 Å². The number of aromatic nitrogens is 2. The summed E-state index contributed by atoms with van der Waals surface area (Å²) in [6.07, 6.45) is 2.39. The molecule has 2 aromatic rings. The van der Waals surface area contributed by atoms with Crippen LogP contribution in [-0.2, 0) is 6.54 Å². The third-order valence-electron chi connectivity index (χ3n) is 3.74. The summed E-state index contributed by atoms with van der Waals surface area (Å²) in [7, 11) is 0. The van der Waals surface area contributed by atoms with Gasteiger partial charge in [0.2, 0.25) is 0 Å². The third kappa shape index (κ3) is 2.01. The number of aryl methyl sites for hydroxylation is 1. The lowest BCUT2D eigenvalue weighted by Gasteiger charge is -2.06. The summed E-state index contributed by atoms with van der Waals surface area (Å²) < 4.78 is 15.3. The van der Waals surface area contributed by atoms with E-state index in [0.717, 1.165) is 29.2 Å². The van der Waals surface area contributed by atoms with E-state index in [1.165, 1.54) is 25.0 Å². The maximum atomic E-state index is 13.2. The fourth-order valence-corrected chi connectivity index (χ4v) is 2.56. The van der Waals surface area contributed by atoms with E-state index in [4.69, 9.17) is 10.7 Å². The number of hydrogen-bond donors (Lipinski definition) is 1. The molecule has 1 aliphatic carbocycles. The quantitative estimate of drug-likeness (QED) is 0.917. The number of halogens is 1. The SMILES string of the molecule is CCn1c(C2CC2)nc(-c2ccc(F)cc2C)c1N. The monoisotopic (exact) mass is 259 g/mol. The highest BCUT2D eigenvalue weighted by Gasteiger charge is 2.30. The molecule has 0 aliphatic heterocycles. The van der Waals surface area contributed by atoms with Crippen LogP contribution < -0.4 is 5.73 Å². The Labute approximate surface area is 112 Å². The van der Waals surface area contributed by atoms with Gasteiger partial charge < -0.3 is 10.3 Å². The predicted molar refractivity (Wildman–Crippen MR) is 74.4 cm³/mol. The fraction of sp³-hybridized carbons (Fsp3) is 0.400. The maximum absolute atomic E-state index is 13.2. The van der Waals surface area contributed by atoms with Crippen LogP contribution in [0, 0.1) is 12.7 Å². The Balaban J connectivity index is 2.14. The average Bonchev–Trinajstić information content (AvgIpc) is 3.15. The van der Waals surface area contributed by atoms with Gasteiger partial charge in [-0.15, -0.1) is 0 Å². The Kier molecular flexibility index (Phi) is 2.81. The number of imidazole rings is 1. The summed E-state index contributed by atoms with van der Waals surface area (Å²) in [5.74, 6) is 2.10. The molecule has 1 saturated carbocycles. The van der Waals surface area contributed by atoms with Gasteiger partial charge in [-0.05, 0) is 50.5 Å². The second-order valence-electron chi connectivity index (χ2n) is 5.18. The van der Waals surface area contributed by atoms with E-state index >= 15 is 0 Å². The largest absolute Gasteiger partial charge is 0.383 e. The van der Waals surface area contributed by atoms with Gasteiger partial charge >= 0.3 is 0 Å². The molecule has 4 heteroatoms. The summed E-state index contributed by atoms with van der Waals surface area (Å²) >= 11 is 0. The van der Waals surface area contributed by atoms with Crippen molar-refractivity contribution >= 4 is 5.82 Å². The predicted octanol–water partition coefficient (Wildman–Crippen LogP) is 3.48. The highest BCUT2D eigenvalue weighted by Crippen LogP contribution is 2.42. The second kappa shape index (κ2) is 4.37. The van der Waals surface area contributed by atoms with E-state index in [1.54, 1.807) is 6.07 Å². The molecule has 3 rings (SSSR count). The van der Waals surface area contributed by atoms with Crippen LogP contribution in [0.3, 0.4) is 0 Å². The van der Waals surface area contributed by atoms with Crippen molar-refractivity contribution in [2.75, 3.05) is 5.73 Å². The highest BCUT2D eigenvalue weighted by molar-refractivity contribution is 5.73. The summed E-state index contributed by atoms with van der Waals surface area (Å²) in [4.78, 5) is 4.72. The molecule has 100 valence electrons. The average molecular weight is 259 g/mol. The normalized spacial score (nSPS) is 14.9. The van der Waals surface area contributed by atoms with Crippen LogP contribution in [0.1, 0.15) is 37.1 Å². The number of anilines is 1. The zero-order valence-corrected chi connectivity index (χ0v) is 11.3. The van der Waals surface area contributed by atoms with Crippen molar-refractivity contribution in [1.82, 2.24) is 9.55 Å². The van der Waals surface area contributed by atoms with Crippen molar-refractivity contribution < 1.29 is 4.39 Å². The first kappa shape index (κ1) is 12.2. The topological polar surface area (TPSA) is 43.8 Å². The molecular weight excluding hydrogens is 241 g/mol. The molecule has 1 heterocycles. The molecule has 19 heavy (non-hydrogen) atoms. The minimum atomic E-state index is -0.225. The molecule has 0 spiro atoms. The number of benzene rings is 1. The van der Waals surface area contributed by atoms with Gasteiger partial charge in [-0.25, -0.2) is 9.37 Å². The Bertz CT molecular complexity index is 627. The van der Waals surface area contributed by atoms with E-state index in [2.05, 4.69) is 11.5 Å². The lowest BCUT2D eigenvalue weighted by atomic mass is 10.1. The van der Waals surface area contributed by atoms with E-state index in [1.807, 2.05) is 6.92 Å². The van der Waals surface area contributed by atoms with Crippen LogP contribution in [0.4, 0.5) is 10.2 Å². The number of nitrogens with zero attached hydrogens (tertiary/aromatic N) is 2. The Morgan fingerprint density at radius 1 is 1.42 bits per heavy atom. The Morgan fingerprint density at radius 3 is 2.74 bits per heavy atom. The Morgan fingerprint density at radius 2 is 2.16 bits per heavy atom. The lowest BCUT2D eigenvalue weighted by molar-refractivity contribution is 0.627. The van der Waals surface area contributed by atoms with Gasteiger partial charge in [-0.2, -0.15) is 0 Å². The highest BCUT2D eigenvalue weighted by atomic mass is 19.1. The van der Waals surface area contributed by atoms with Gasteiger partial charge in [0.25, 0.3) is 0 Å². The molecular formula is C15H18FN3. The smallest absolute Gasteiger partial charge is 0.131 e. The molecule has 0 atom stereocenters. The first-order chi connectivity index (χ1) is 9.11. The van der Waals surface area contributed by atoms with Crippen molar-refractivity contribution in [1.29, 1.82) is 0 Å². The van der Waals surface area contributed by atoms with Crippen molar-refractivity contribution in [3.05, 3.63) is 35.4 Å². The molecule has 0 bridgehead atoms. The molecule has 1 aromatic heterocycles. The molecule has 0 saturated heterocycles. The Hall–Kier alpha value is -1.84. The number of nitrogens with two attached hydrogens (primary N) is 1. The van der Waals surface area contributed by atoms with Crippen LogP contribution in [0.5, 0.6) is 0 Å². The van der Waals surface area contributed by atoms with Gasteiger partial charge in [-0.3, -0.25) is 0 Å². The fourth-order valence-electron chi connectivity index (χ4n) is 2.56. The molecule has 0 unspecified atom stereocenters. The van der Waals surface area contributed by atoms with Gasteiger partial charge in [0, 0.05) is 18.0 Å². The third-order valence-corrected chi connectivity index (χ3v) is 3.74. The van der Waals surface area contributed by atoms with E-state index in [9.17, 15) is 4.39 Å². The molecule has 1 aromatic carbocycles. The van der Waals surface area contributed by atoms with Gasteiger partial charge in [0.1, 0.15) is 23.2 Å². The summed E-state index contributed by atoms with van der Waals surface area (Å²) in [5, 5.41) is 0. The first-order valence-electron chi connectivity index (χ1n) is 6.74. The van der Waals surface area contributed by atoms with Crippen LogP contribution in [0.15, 0.2) is 18.2 Å². The summed E-state index contributed by atoms with van der Waals surface area (Å²) in [6, 6.07) is 4.75. The lowest BCUT2D eigenvalue weighted by Crippen LogP contribution is -2.04. The van der Waals surface area contributed by atoms with Crippen LogP contribution in [-0.4, -0.2) is 9.55 Å². The molecule has 1 aliphatic rings. The van der Waals surface area contributed by atoms with Crippen molar-refractivity contribution in [3.63, 3.8) is 0 Å². The zero-order valence-electron chi connectivity index (χ0n) is 11.3. The number of nitrogen functional groups attached to an aromatic ring is 1. The van der Waals surface area contributed by atoms with Gasteiger partial charge in [0.05, 0.1) is 0 Å². The molecule has 2 N–H and O–H groups in total. The molecule has 0 radical (unpaired) electrons. The second-order valence-corrected chi connectivity index (χ2v) is 5.18. The number of hydrogen-bond acceptors (Lipinski definition) is 2. The van der Waals surface area contributed by atoms with Gasteiger partial charge in [-0.1, -0.05) is 0 Å². The maximum Gasteiger partial charge on any atom is 0.131 e. The molecule has 1 fully saturated rings. The zero-order chi connectivity index (χ0) is 13.6. The molecule has 3 nitrogen and oxygen atoms in total. The van der Waals surface area contributed by atoms with Crippen LogP contribution in [0.25, 0.3) is 11.3 Å². The van der Waals surface area contributed by atoms with E-state index in [-0.39, 0.29) is 5.82 Å². The summed E-state index contributed by atoms with van der Waals surface area (Å²) in [6.45, 7) is 4.79. The minimum absolute atomic E-state index is 0.225.